The highest BCUT2D eigenvalue weighted by Crippen LogP contribution is 2.27. The molecule has 0 saturated heterocycles. The number of aromatic nitrogens is 2. The van der Waals surface area contributed by atoms with Crippen LogP contribution < -0.4 is 10.0 Å². The highest BCUT2D eigenvalue weighted by atomic mass is 32.2. The molecule has 0 bridgehead atoms. The van der Waals surface area contributed by atoms with Gasteiger partial charge in [-0.05, 0) is 59.2 Å². The molecule has 1 aromatic heterocycles. The Morgan fingerprint density at radius 1 is 1.03 bits per heavy atom. The summed E-state index contributed by atoms with van der Waals surface area (Å²) in [6.07, 6.45) is 3.33. The van der Waals surface area contributed by atoms with Crippen LogP contribution in [0.15, 0.2) is 72.1 Å². The standard InChI is InChI=1S/C23H22N4O5S/c1-27-13-22(25-14-27)33(31,32)26-18-5-2-15(3-6-18)8-9-24-23(30)20-11-17-10-19(28)7-4-16(17)12-21(20)29/h2-7,10-14,26,28-29H,8-9H2,1H3,(H,24,30). The zero-order chi connectivity index (χ0) is 23.6. The number of benzene rings is 3. The van der Waals surface area contributed by atoms with Gasteiger partial charge in [0.2, 0.25) is 0 Å². The van der Waals surface area contributed by atoms with E-state index >= 15 is 0 Å². The maximum Gasteiger partial charge on any atom is 0.280 e. The van der Waals surface area contributed by atoms with Crippen molar-refractivity contribution in [2.45, 2.75) is 11.4 Å². The van der Waals surface area contributed by atoms with Crippen LogP contribution in [0, 0.1) is 0 Å². The lowest BCUT2D eigenvalue weighted by atomic mass is 10.0. The number of anilines is 1. The minimum Gasteiger partial charge on any atom is -0.508 e. The molecule has 1 heterocycles. The molecular formula is C23H22N4O5S. The van der Waals surface area contributed by atoms with Gasteiger partial charge in [-0.25, -0.2) is 4.98 Å². The van der Waals surface area contributed by atoms with Crippen LogP contribution >= 0.6 is 0 Å². The fourth-order valence-electron chi connectivity index (χ4n) is 3.35. The highest BCUT2D eigenvalue weighted by Gasteiger charge is 2.17. The Kier molecular flexibility index (Phi) is 5.93. The lowest BCUT2D eigenvalue weighted by molar-refractivity contribution is 0.0951. The molecule has 10 heteroatoms. The summed E-state index contributed by atoms with van der Waals surface area (Å²) in [5, 5.41) is 23.9. The minimum absolute atomic E-state index is 0.0658. The van der Waals surface area contributed by atoms with Gasteiger partial charge in [0.05, 0.1) is 11.9 Å². The summed E-state index contributed by atoms with van der Waals surface area (Å²) in [7, 11) is -2.08. The van der Waals surface area contributed by atoms with Crippen molar-refractivity contribution in [3.05, 3.63) is 78.2 Å². The monoisotopic (exact) mass is 466 g/mol. The number of aryl methyl sites for hydroxylation is 1. The molecule has 4 rings (SSSR count). The van der Waals surface area contributed by atoms with E-state index in [1.807, 2.05) is 0 Å². The van der Waals surface area contributed by atoms with Gasteiger partial charge < -0.3 is 20.1 Å². The number of rotatable bonds is 7. The molecule has 0 atom stereocenters. The lowest BCUT2D eigenvalue weighted by Crippen LogP contribution is -2.25. The van der Waals surface area contributed by atoms with Crippen LogP contribution in [0.1, 0.15) is 15.9 Å². The molecule has 9 nitrogen and oxygen atoms in total. The van der Waals surface area contributed by atoms with E-state index in [0.717, 1.165) is 5.56 Å². The van der Waals surface area contributed by atoms with Crippen LogP contribution in [0.3, 0.4) is 0 Å². The summed E-state index contributed by atoms with van der Waals surface area (Å²) in [5.41, 5.74) is 1.41. The fraction of sp³-hybridized carbons (Fsp3) is 0.130. The zero-order valence-corrected chi connectivity index (χ0v) is 18.5. The van der Waals surface area contributed by atoms with E-state index in [0.29, 0.717) is 29.4 Å². The number of imidazole rings is 1. The van der Waals surface area contributed by atoms with E-state index in [-0.39, 0.29) is 22.1 Å². The SMILES string of the molecule is Cn1cnc(S(=O)(=O)Nc2ccc(CCNC(=O)c3cc4cc(O)ccc4cc3O)cc2)c1. The average molecular weight is 467 g/mol. The van der Waals surface area contributed by atoms with Crippen molar-refractivity contribution < 1.29 is 23.4 Å². The van der Waals surface area contributed by atoms with Gasteiger partial charge >= 0.3 is 0 Å². The summed E-state index contributed by atoms with van der Waals surface area (Å²) >= 11 is 0. The van der Waals surface area contributed by atoms with Gasteiger partial charge in [-0.3, -0.25) is 9.52 Å². The Labute approximate surface area is 190 Å². The van der Waals surface area contributed by atoms with E-state index in [4.69, 9.17) is 0 Å². The van der Waals surface area contributed by atoms with Crippen molar-refractivity contribution in [2.75, 3.05) is 11.3 Å². The molecule has 0 saturated carbocycles. The quantitative estimate of drug-likeness (QED) is 0.331. The van der Waals surface area contributed by atoms with Crippen LogP contribution in [-0.2, 0) is 23.5 Å². The number of sulfonamides is 1. The topological polar surface area (TPSA) is 134 Å². The summed E-state index contributed by atoms with van der Waals surface area (Å²) in [6.45, 7) is 0.315. The predicted octanol–water partition coefficient (Wildman–Crippen LogP) is 2.76. The van der Waals surface area contributed by atoms with E-state index in [1.54, 1.807) is 41.9 Å². The van der Waals surface area contributed by atoms with Crippen molar-refractivity contribution in [2.24, 2.45) is 7.05 Å². The summed E-state index contributed by atoms with van der Waals surface area (Å²) in [5.74, 6) is -0.502. The predicted molar refractivity (Wildman–Crippen MR) is 124 cm³/mol. The van der Waals surface area contributed by atoms with Gasteiger partial charge in [-0.1, -0.05) is 18.2 Å². The third-order valence-corrected chi connectivity index (χ3v) is 6.31. The number of fused-ring (bicyclic) bond motifs is 1. The Hall–Kier alpha value is -4.05. The van der Waals surface area contributed by atoms with Crippen LogP contribution in [0.2, 0.25) is 0 Å². The average Bonchev–Trinajstić information content (AvgIpc) is 3.22. The Balaban J connectivity index is 1.36. The molecular weight excluding hydrogens is 444 g/mol. The van der Waals surface area contributed by atoms with Gasteiger partial charge in [0.25, 0.3) is 15.9 Å². The molecule has 170 valence electrons. The van der Waals surface area contributed by atoms with E-state index in [1.165, 1.54) is 36.8 Å². The van der Waals surface area contributed by atoms with Crippen LogP contribution in [0.4, 0.5) is 5.69 Å². The van der Waals surface area contributed by atoms with E-state index in [2.05, 4.69) is 15.0 Å². The second kappa shape index (κ2) is 8.83. The van der Waals surface area contributed by atoms with Gasteiger partial charge in [0.15, 0.2) is 5.03 Å². The number of phenolic OH excluding ortho intramolecular Hbond substituents is 2. The third kappa shape index (κ3) is 5.07. The van der Waals surface area contributed by atoms with Crippen LogP contribution in [-0.4, -0.2) is 40.6 Å². The largest absolute Gasteiger partial charge is 0.508 e. The Morgan fingerprint density at radius 2 is 1.79 bits per heavy atom. The molecule has 3 aromatic carbocycles. The molecule has 0 unspecified atom stereocenters. The molecule has 0 spiro atoms. The number of phenols is 2. The van der Waals surface area contributed by atoms with Crippen LogP contribution in [0.25, 0.3) is 10.8 Å². The summed E-state index contributed by atoms with van der Waals surface area (Å²) in [4.78, 5) is 16.4. The Bertz CT molecular complexity index is 1430. The Morgan fingerprint density at radius 3 is 2.48 bits per heavy atom. The zero-order valence-electron chi connectivity index (χ0n) is 17.7. The number of aromatic hydroxyl groups is 2. The number of nitrogens with one attached hydrogen (secondary N) is 2. The molecule has 0 aliphatic heterocycles. The molecule has 0 aliphatic carbocycles. The maximum absolute atomic E-state index is 12.5. The van der Waals surface area contributed by atoms with Crippen molar-refractivity contribution in [1.82, 2.24) is 14.9 Å². The first-order valence-electron chi connectivity index (χ1n) is 10.0. The van der Waals surface area contributed by atoms with E-state index in [9.17, 15) is 23.4 Å². The number of carbonyl (C=O) groups excluding carboxylic acids is 1. The first-order chi connectivity index (χ1) is 15.7. The second-order valence-corrected chi connectivity index (χ2v) is 9.22. The number of nitrogens with zero attached hydrogens (tertiary/aromatic N) is 2. The highest BCUT2D eigenvalue weighted by molar-refractivity contribution is 7.92. The van der Waals surface area contributed by atoms with Crippen molar-refractivity contribution in [3.8, 4) is 11.5 Å². The number of amides is 1. The van der Waals surface area contributed by atoms with Gasteiger partial charge in [0.1, 0.15) is 11.5 Å². The summed E-state index contributed by atoms with van der Waals surface area (Å²) < 4.78 is 28.7. The van der Waals surface area contributed by atoms with Gasteiger partial charge in [-0.15, -0.1) is 0 Å². The summed E-state index contributed by atoms with van der Waals surface area (Å²) in [6, 6.07) is 14.5. The molecule has 4 N–H and O–H groups in total. The first kappa shape index (κ1) is 22.2. The van der Waals surface area contributed by atoms with Gasteiger partial charge in [0, 0.05) is 25.5 Å². The number of hydrogen-bond donors (Lipinski definition) is 4. The third-order valence-electron chi connectivity index (χ3n) is 5.04. The molecule has 4 aromatic rings. The molecule has 0 aliphatic rings. The van der Waals surface area contributed by atoms with E-state index < -0.39 is 15.9 Å². The smallest absolute Gasteiger partial charge is 0.280 e. The molecule has 0 fully saturated rings. The second-order valence-electron chi connectivity index (χ2n) is 7.59. The minimum atomic E-state index is -3.76. The van der Waals surface area contributed by atoms with Gasteiger partial charge in [-0.2, -0.15) is 8.42 Å². The van der Waals surface area contributed by atoms with Crippen molar-refractivity contribution in [3.63, 3.8) is 0 Å². The molecule has 1 amide bonds. The molecule has 0 radical (unpaired) electrons. The lowest BCUT2D eigenvalue weighted by Gasteiger charge is -2.10. The fourth-order valence-corrected chi connectivity index (χ4v) is 4.39. The number of hydrogen-bond acceptors (Lipinski definition) is 6. The normalized spacial score (nSPS) is 11.4. The van der Waals surface area contributed by atoms with Crippen molar-refractivity contribution >= 4 is 32.4 Å². The van der Waals surface area contributed by atoms with Crippen molar-refractivity contribution in [1.29, 1.82) is 0 Å². The maximum atomic E-state index is 12.5. The first-order valence-corrected chi connectivity index (χ1v) is 11.5. The molecule has 33 heavy (non-hydrogen) atoms. The number of carbonyl (C=O) groups is 1. The van der Waals surface area contributed by atoms with Crippen LogP contribution in [0.5, 0.6) is 11.5 Å².